The van der Waals surface area contributed by atoms with E-state index in [9.17, 15) is 4.79 Å². The molecule has 0 aliphatic heterocycles. The molecule has 70 valence electrons. The largest absolute Gasteiger partial charge is 0.480 e. The predicted octanol–water partition coefficient (Wildman–Crippen LogP) is 2.93. The van der Waals surface area contributed by atoms with Crippen molar-refractivity contribution in [3.05, 3.63) is 29.8 Å². The Kier molecular flexibility index (Phi) is 3.81. The van der Waals surface area contributed by atoms with Crippen LogP contribution in [0.4, 0.5) is 0 Å². The molecule has 0 aliphatic carbocycles. The van der Waals surface area contributed by atoms with Crippen LogP contribution in [0.2, 0.25) is 0 Å². The van der Waals surface area contributed by atoms with Gasteiger partial charge in [-0.3, -0.25) is 4.79 Å². The highest BCUT2D eigenvalue weighted by molar-refractivity contribution is 9.09. The SMILES string of the molecule is CSc1ccc(C(Br)C(=O)O)cc1. The number of carboxylic acids is 1. The van der Waals surface area contributed by atoms with Crippen molar-refractivity contribution in [2.45, 2.75) is 9.72 Å². The topological polar surface area (TPSA) is 37.3 Å². The number of hydrogen-bond donors (Lipinski definition) is 1. The van der Waals surface area contributed by atoms with Crippen LogP contribution in [0.25, 0.3) is 0 Å². The van der Waals surface area contributed by atoms with Gasteiger partial charge < -0.3 is 5.11 Å². The van der Waals surface area contributed by atoms with Gasteiger partial charge in [0, 0.05) is 4.90 Å². The highest BCUT2D eigenvalue weighted by atomic mass is 79.9. The molecule has 0 radical (unpaired) electrons. The molecule has 0 aliphatic rings. The van der Waals surface area contributed by atoms with Crippen LogP contribution in [0.15, 0.2) is 29.2 Å². The smallest absolute Gasteiger partial charge is 0.321 e. The van der Waals surface area contributed by atoms with Crippen LogP contribution in [0.5, 0.6) is 0 Å². The summed E-state index contributed by atoms with van der Waals surface area (Å²) in [5.41, 5.74) is 0.769. The van der Waals surface area contributed by atoms with Crippen molar-refractivity contribution in [3.8, 4) is 0 Å². The molecule has 0 saturated heterocycles. The Balaban J connectivity index is 2.85. The average Bonchev–Trinajstić information content (AvgIpc) is 2.17. The van der Waals surface area contributed by atoms with Crippen LogP contribution in [-0.4, -0.2) is 17.3 Å². The standard InChI is InChI=1S/C9H9BrO2S/c1-13-7-4-2-6(3-5-7)8(10)9(11)12/h2-5,8H,1H3,(H,11,12). The third-order valence-corrected chi connectivity index (χ3v) is 3.29. The predicted molar refractivity (Wildman–Crippen MR) is 57.5 cm³/mol. The molecule has 13 heavy (non-hydrogen) atoms. The number of thioether (sulfide) groups is 1. The third-order valence-electron chi connectivity index (χ3n) is 1.63. The number of carboxylic acid groups (broad SMARTS) is 1. The zero-order valence-corrected chi connectivity index (χ0v) is 9.43. The highest BCUT2D eigenvalue weighted by Crippen LogP contribution is 2.24. The first kappa shape index (κ1) is 10.6. The van der Waals surface area contributed by atoms with E-state index in [0.29, 0.717) is 0 Å². The second kappa shape index (κ2) is 4.67. The van der Waals surface area contributed by atoms with E-state index < -0.39 is 10.8 Å². The monoisotopic (exact) mass is 260 g/mol. The first-order chi connectivity index (χ1) is 6.15. The number of alkyl halides is 1. The van der Waals surface area contributed by atoms with Gasteiger partial charge in [-0.2, -0.15) is 0 Å². The molecule has 0 heterocycles. The van der Waals surface area contributed by atoms with Crippen LogP contribution in [0.3, 0.4) is 0 Å². The molecule has 0 saturated carbocycles. The molecule has 1 N–H and O–H groups in total. The molecule has 4 heteroatoms. The lowest BCUT2D eigenvalue weighted by Gasteiger charge is -2.04. The van der Waals surface area contributed by atoms with Crippen LogP contribution >= 0.6 is 27.7 Å². The maximum atomic E-state index is 10.6. The summed E-state index contributed by atoms with van der Waals surface area (Å²) < 4.78 is 0. The molecule has 0 amide bonds. The van der Waals surface area contributed by atoms with E-state index in [0.717, 1.165) is 10.5 Å². The minimum absolute atomic E-state index is 0.608. The lowest BCUT2D eigenvalue weighted by Crippen LogP contribution is -2.03. The van der Waals surface area contributed by atoms with Crippen molar-refractivity contribution < 1.29 is 9.90 Å². The van der Waals surface area contributed by atoms with Gasteiger partial charge in [-0.25, -0.2) is 0 Å². The van der Waals surface area contributed by atoms with Crippen LogP contribution < -0.4 is 0 Å². The van der Waals surface area contributed by atoms with Crippen molar-refractivity contribution in [2.24, 2.45) is 0 Å². The maximum Gasteiger partial charge on any atom is 0.321 e. The molecule has 1 rings (SSSR count). The molecule has 0 fully saturated rings. The summed E-state index contributed by atoms with van der Waals surface area (Å²) in [5.74, 6) is -0.864. The Hall–Kier alpha value is -0.480. The van der Waals surface area contributed by atoms with E-state index in [1.807, 2.05) is 30.5 Å². The molecule has 1 aromatic rings. The van der Waals surface area contributed by atoms with Gasteiger partial charge in [-0.05, 0) is 24.0 Å². The molecule has 1 atom stereocenters. The number of halogens is 1. The summed E-state index contributed by atoms with van der Waals surface area (Å²) in [5, 5.41) is 8.71. The zero-order chi connectivity index (χ0) is 9.84. The zero-order valence-electron chi connectivity index (χ0n) is 7.03. The second-order valence-corrected chi connectivity index (χ2v) is 4.27. The van der Waals surface area contributed by atoms with Gasteiger partial charge in [0.2, 0.25) is 0 Å². The number of hydrogen-bond acceptors (Lipinski definition) is 2. The summed E-state index contributed by atoms with van der Waals surface area (Å²) >= 11 is 4.73. The number of carbonyl (C=O) groups is 1. The first-order valence-corrected chi connectivity index (χ1v) is 5.80. The summed E-state index contributed by atoms with van der Waals surface area (Å²) in [6, 6.07) is 7.47. The fourth-order valence-corrected chi connectivity index (χ4v) is 1.63. The van der Waals surface area contributed by atoms with Crippen molar-refractivity contribution in [2.75, 3.05) is 6.26 Å². The Labute approximate surface area is 89.5 Å². The van der Waals surface area contributed by atoms with Crippen molar-refractivity contribution in [1.29, 1.82) is 0 Å². The van der Waals surface area contributed by atoms with E-state index in [1.54, 1.807) is 11.8 Å². The Morgan fingerprint density at radius 3 is 2.38 bits per heavy atom. The van der Waals surface area contributed by atoms with Gasteiger partial charge in [-0.1, -0.05) is 28.1 Å². The van der Waals surface area contributed by atoms with Gasteiger partial charge in [-0.15, -0.1) is 11.8 Å². The van der Waals surface area contributed by atoms with E-state index in [2.05, 4.69) is 15.9 Å². The van der Waals surface area contributed by atoms with Crippen LogP contribution in [0.1, 0.15) is 10.4 Å². The summed E-state index contributed by atoms with van der Waals surface area (Å²) in [6.07, 6.45) is 1.98. The first-order valence-electron chi connectivity index (χ1n) is 3.66. The number of aliphatic carboxylic acids is 1. The third kappa shape index (κ3) is 2.74. The molecule has 2 nitrogen and oxygen atoms in total. The second-order valence-electron chi connectivity index (χ2n) is 2.47. The lowest BCUT2D eigenvalue weighted by molar-refractivity contribution is -0.136. The van der Waals surface area contributed by atoms with E-state index >= 15 is 0 Å². The number of benzene rings is 1. The quantitative estimate of drug-likeness (QED) is 0.671. The lowest BCUT2D eigenvalue weighted by atomic mass is 10.1. The number of rotatable bonds is 3. The fourth-order valence-electron chi connectivity index (χ4n) is 0.915. The normalized spacial score (nSPS) is 12.5. The maximum absolute atomic E-state index is 10.6. The highest BCUT2D eigenvalue weighted by Gasteiger charge is 2.14. The van der Waals surface area contributed by atoms with E-state index in [-0.39, 0.29) is 0 Å². The Morgan fingerprint density at radius 2 is 2.00 bits per heavy atom. The Bertz CT molecular complexity index is 297. The van der Waals surface area contributed by atoms with Gasteiger partial charge in [0.15, 0.2) is 0 Å². The molecule has 0 aromatic heterocycles. The minimum atomic E-state index is -0.864. The molecular weight excluding hydrogens is 252 g/mol. The summed E-state index contributed by atoms with van der Waals surface area (Å²) in [4.78, 5) is 11.1. The molecule has 1 aromatic carbocycles. The van der Waals surface area contributed by atoms with E-state index in [4.69, 9.17) is 5.11 Å². The van der Waals surface area contributed by atoms with Crippen molar-refractivity contribution in [3.63, 3.8) is 0 Å². The van der Waals surface area contributed by atoms with Gasteiger partial charge in [0.25, 0.3) is 0 Å². The van der Waals surface area contributed by atoms with Gasteiger partial charge >= 0.3 is 5.97 Å². The van der Waals surface area contributed by atoms with Gasteiger partial charge in [0.05, 0.1) is 0 Å². The molecular formula is C9H9BrO2S. The average molecular weight is 261 g/mol. The van der Waals surface area contributed by atoms with E-state index in [1.165, 1.54) is 0 Å². The fraction of sp³-hybridized carbons (Fsp3) is 0.222. The van der Waals surface area contributed by atoms with Gasteiger partial charge in [0.1, 0.15) is 4.83 Å². The van der Waals surface area contributed by atoms with Crippen LogP contribution in [-0.2, 0) is 4.79 Å². The molecule has 0 spiro atoms. The Morgan fingerprint density at radius 1 is 1.46 bits per heavy atom. The molecule has 1 unspecified atom stereocenters. The molecule has 0 bridgehead atoms. The minimum Gasteiger partial charge on any atom is -0.480 e. The summed E-state index contributed by atoms with van der Waals surface area (Å²) in [7, 11) is 0. The summed E-state index contributed by atoms with van der Waals surface area (Å²) in [6.45, 7) is 0. The van der Waals surface area contributed by atoms with Crippen molar-refractivity contribution in [1.82, 2.24) is 0 Å². The van der Waals surface area contributed by atoms with Crippen molar-refractivity contribution >= 4 is 33.7 Å². The van der Waals surface area contributed by atoms with Crippen LogP contribution in [0, 0.1) is 0 Å².